The molecule has 0 aromatic heterocycles. The van der Waals surface area contributed by atoms with Gasteiger partial charge in [-0.15, -0.1) is 0 Å². The molecule has 0 saturated heterocycles. The van der Waals surface area contributed by atoms with Crippen molar-refractivity contribution in [1.82, 2.24) is 0 Å². The van der Waals surface area contributed by atoms with Gasteiger partial charge in [0.05, 0.1) is 12.3 Å². The lowest BCUT2D eigenvalue weighted by atomic mass is 9.86. The number of benzene rings is 1. The summed E-state index contributed by atoms with van der Waals surface area (Å²) in [6.45, 7) is 10.7. The first-order chi connectivity index (χ1) is 7.48. The van der Waals surface area contributed by atoms with E-state index in [2.05, 4.69) is 51.2 Å². The number of fused-ring (bicyclic) bond motifs is 1. The summed E-state index contributed by atoms with van der Waals surface area (Å²) in [5.41, 5.74) is 2.55. The number of anilines is 1. The first-order valence-corrected chi connectivity index (χ1v) is 5.98. The SMILES string of the molecule is CC1CNc2cccc(C(C)(C)C)c2OC1. The Bertz CT molecular complexity index is 379. The highest BCUT2D eigenvalue weighted by atomic mass is 16.5. The highest BCUT2D eigenvalue weighted by molar-refractivity contribution is 5.62. The monoisotopic (exact) mass is 219 g/mol. The number of para-hydroxylation sites is 1. The van der Waals surface area contributed by atoms with E-state index in [0.717, 1.165) is 24.6 Å². The van der Waals surface area contributed by atoms with E-state index in [1.165, 1.54) is 5.56 Å². The van der Waals surface area contributed by atoms with Crippen LogP contribution in [-0.2, 0) is 5.41 Å². The van der Waals surface area contributed by atoms with Gasteiger partial charge in [0.15, 0.2) is 0 Å². The van der Waals surface area contributed by atoms with Crippen LogP contribution in [0.15, 0.2) is 18.2 Å². The number of nitrogens with one attached hydrogen (secondary N) is 1. The zero-order valence-corrected chi connectivity index (χ0v) is 10.6. The number of hydrogen-bond acceptors (Lipinski definition) is 2. The van der Waals surface area contributed by atoms with Gasteiger partial charge in [0, 0.05) is 18.0 Å². The van der Waals surface area contributed by atoms with Crippen molar-refractivity contribution in [2.75, 3.05) is 18.5 Å². The predicted octanol–water partition coefficient (Wildman–Crippen LogP) is 3.42. The summed E-state index contributed by atoms with van der Waals surface area (Å²) in [6.07, 6.45) is 0. The molecule has 88 valence electrons. The van der Waals surface area contributed by atoms with Gasteiger partial charge < -0.3 is 10.1 Å². The van der Waals surface area contributed by atoms with E-state index >= 15 is 0 Å². The number of hydrogen-bond donors (Lipinski definition) is 1. The molecule has 1 unspecified atom stereocenters. The van der Waals surface area contributed by atoms with Gasteiger partial charge in [0.2, 0.25) is 0 Å². The molecule has 0 saturated carbocycles. The second-order valence-electron chi connectivity index (χ2n) is 5.73. The normalized spacial score (nSPS) is 20.4. The Morgan fingerprint density at radius 1 is 1.31 bits per heavy atom. The molecule has 0 aliphatic carbocycles. The quantitative estimate of drug-likeness (QED) is 0.722. The lowest BCUT2D eigenvalue weighted by molar-refractivity contribution is 0.270. The molecule has 2 rings (SSSR count). The van der Waals surface area contributed by atoms with Gasteiger partial charge in [-0.2, -0.15) is 0 Å². The molecule has 0 fully saturated rings. The van der Waals surface area contributed by atoms with Crippen LogP contribution in [0, 0.1) is 5.92 Å². The van der Waals surface area contributed by atoms with E-state index in [0.29, 0.717) is 5.92 Å². The van der Waals surface area contributed by atoms with Crippen LogP contribution in [0.5, 0.6) is 5.75 Å². The van der Waals surface area contributed by atoms with Crippen molar-refractivity contribution in [2.24, 2.45) is 5.92 Å². The maximum Gasteiger partial charge on any atom is 0.146 e. The van der Waals surface area contributed by atoms with E-state index in [-0.39, 0.29) is 5.41 Å². The van der Waals surface area contributed by atoms with E-state index in [9.17, 15) is 0 Å². The van der Waals surface area contributed by atoms with E-state index in [4.69, 9.17) is 4.74 Å². The molecular formula is C14H21NO. The fourth-order valence-electron chi connectivity index (χ4n) is 1.99. The van der Waals surface area contributed by atoms with E-state index < -0.39 is 0 Å². The first kappa shape index (κ1) is 11.3. The molecule has 0 bridgehead atoms. The maximum atomic E-state index is 5.96. The molecule has 0 radical (unpaired) electrons. The van der Waals surface area contributed by atoms with Gasteiger partial charge in [-0.25, -0.2) is 0 Å². The fourth-order valence-corrected chi connectivity index (χ4v) is 1.99. The standard InChI is InChI=1S/C14H21NO/c1-10-8-15-12-7-5-6-11(14(2,3)4)13(12)16-9-10/h5-7,10,15H,8-9H2,1-4H3. The van der Waals surface area contributed by atoms with Crippen molar-refractivity contribution in [3.05, 3.63) is 23.8 Å². The van der Waals surface area contributed by atoms with Gasteiger partial charge in [-0.1, -0.05) is 39.8 Å². The lowest BCUT2D eigenvalue weighted by Gasteiger charge is -2.23. The van der Waals surface area contributed by atoms with Crippen molar-refractivity contribution >= 4 is 5.69 Å². The minimum atomic E-state index is 0.126. The molecule has 1 aromatic carbocycles. The van der Waals surface area contributed by atoms with Crippen LogP contribution in [0.25, 0.3) is 0 Å². The minimum absolute atomic E-state index is 0.126. The predicted molar refractivity (Wildman–Crippen MR) is 68.3 cm³/mol. The molecule has 1 heterocycles. The third kappa shape index (κ3) is 2.16. The van der Waals surface area contributed by atoms with E-state index in [1.807, 2.05) is 0 Å². The average Bonchev–Trinajstić information content (AvgIpc) is 2.39. The molecule has 2 heteroatoms. The lowest BCUT2D eigenvalue weighted by Crippen LogP contribution is -2.15. The Morgan fingerprint density at radius 2 is 2.06 bits per heavy atom. The summed E-state index contributed by atoms with van der Waals surface area (Å²) in [6, 6.07) is 6.37. The van der Waals surface area contributed by atoms with Crippen molar-refractivity contribution < 1.29 is 4.74 Å². The summed E-state index contributed by atoms with van der Waals surface area (Å²) in [7, 11) is 0. The highest BCUT2D eigenvalue weighted by Gasteiger charge is 2.23. The topological polar surface area (TPSA) is 21.3 Å². The van der Waals surface area contributed by atoms with Crippen molar-refractivity contribution in [3.63, 3.8) is 0 Å². The fraction of sp³-hybridized carbons (Fsp3) is 0.571. The Hall–Kier alpha value is -1.18. The molecule has 2 nitrogen and oxygen atoms in total. The van der Waals surface area contributed by atoms with Gasteiger partial charge in [-0.05, 0) is 11.5 Å². The van der Waals surface area contributed by atoms with Crippen molar-refractivity contribution in [3.8, 4) is 5.75 Å². The number of rotatable bonds is 0. The zero-order chi connectivity index (χ0) is 11.8. The van der Waals surface area contributed by atoms with Crippen LogP contribution in [0.3, 0.4) is 0 Å². The molecule has 0 spiro atoms. The van der Waals surface area contributed by atoms with Gasteiger partial charge in [0.1, 0.15) is 5.75 Å². The van der Waals surface area contributed by atoms with E-state index in [1.54, 1.807) is 0 Å². The van der Waals surface area contributed by atoms with Crippen LogP contribution in [0.4, 0.5) is 5.69 Å². The van der Waals surface area contributed by atoms with Gasteiger partial charge >= 0.3 is 0 Å². The summed E-state index contributed by atoms with van der Waals surface area (Å²) in [5, 5.41) is 3.46. The number of ether oxygens (including phenoxy) is 1. The molecule has 1 atom stereocenters. The smallest absolute Gasteiger partial charge is 0.146 e. The largest absolute Gasteiger partial charge is 0.491 e. The summed E-state index contributed by atoms with van der Waals surface area (Å²) >= 11 is 0. The molecule has 1 aromatic rings. The molecule has 1 N–H and O–H groups in total. The molecule has 0 amide bonds. The van der Waals surface area contributed by atoms with Crippen LogP contribution >= 0.6 is 0 Å². The van der Waals surface area contributed by atoms with Crippen molar-refractivity contribution in [1.29, 1.82) is 0 Å². The van der Waals surface area contributed by atoms with Crippen LogP contribution in [0.1, 0.15) is 33.3 Å². The Labute approximate surface area is 98.0 Å². The third-order valence-corrected chi connectivity index (χ3v) is 2.98. The van der Waals surface area contributed by atoms with Crippen molar-refractivity contribution in [2.45, 2.75) is 33.1 Å². The zero-order valence-electron chi connectivity index (χ0n) is 10.6. The molecule has 1 aliphatic rings. The molecule has 1 aliphatic heterocycles. The summed E-state index contributed by atoms with van der Waals surface area (Å²) in [4.78, 5) is 0. The Balaban J connectivity index is 2.44. The summed E-state index contributed by atoms with van der Waals surface area (Å²) in [5.74, 6) is 1.60. The second kappa shape index (κ2) is 4.00. The van der Waals surface area contributed by atoms with Gasteiger partial charge in [0.25, 0.3) is 0 Å². The Kier molecular flexibility index (Phi) is 2.83. The average molecular weight is 219 g/mol. The maximum absolute atomic E-state index is 5.96. The molecule has 16 heavy (non-hydrogen) atoms. The van der Waals surface area contributed by atoms with Crippen LogP contribution in [-0.4, -0.2) is 13.2 Å². The molecular weight excluding hydrogens is 198 g/mol. The Morgan fingerprint density at radius 3 is 2.75 bits per heavy atom. The minimum Gasteiger partial charge on any atom is -0.491 e. The van der Waals surface area contributed by atoms with Crippen LogP contribution in [0.2, 0.25) is 0 Å². The highest BCUT2D eigenvalue weighted by Crippen LogP contribution is 2.38. The first-order valence-electron chi connectivity index (χ1n) is 5.98. The third-order valence-electron chi connectivity index (χ3n) is 2.98. The summed E-state index contributed by atoms with van der Waals surface area (Å²) < 4.78 is 5.96. The van der Waals surface area contributed by atoms with Gasteiger partial charge in [-0.3, -0.25) is 0 Å². The van der Waals surface area contributed by atoms with Crippen LogP contribution < -0.4 is 10.1 Å². The second-order valence-corrected chi connectivity index (χ2v) is 5.73.